The van der Waals surface area contributed by atoms with Gasteiger partial charge in [-0.1, -0.05) is 6.07 Å². The lowest BCUT2D eigenvalue weighted by molar-refractivity contribution is 0.516. The largest absolute Gasteiger partial charge is 0.271 e. The van der Waals surface area contributed by atoms with Crippen LogP contribution < -0.4 is 5.56 Å². The fourth-order valence-electron chi connectivity index (χ4n) is 1.24. The highest BCUT2D eigenvalue weighted by Crippen LogP contribution is 2.16. The average molecular weight is 260 g/mol. The summed E-state index contributed by atoms with van der Waals surface area (Å²) >= 11 is 2.89. The topological polar surface area (TPSA) is 22.0 Å². The minimum absolute atomic E-state index is 0.246. The van der Waals surface area contributed by atoms with E-state index in [1.807, 2.05) is 0 Å². The molecule has 0 spiro atoms. The van der Waals surface area contributed by atoms with Crippen LogP contribution in [-0.4, -0.2) is 3.59 Å². The summed E-state index contributed by atoms with van der Waals surface area (Å²) in [5.41, 5.74) is -0.612. The second-order valence-corrected chi connectivity index (χ2v) is 3.52. The van der Waals surface area contributed by atoms with Crippen molar-refractivity contribution in [3.63, 3.8) is 0 Å². The van der Waals surface area contributed by atoms with E-state index in [4.69, 9.17) is 0 Å². The van der Waals surface area contributed by atoms with Gasteiger partial charge in [0.15, 0.2) is 11.6 Å². The van der Waals surface area contributed by atoms with Crippen LogP contribution in [0, 0.1) is 11.6 Å². The van der Waals surface area contributed by atoms with Crippen molar-refractivity contribution in [2.75, 3.05) is 0 Å². The van der Waals surface area contributed by atoms with Gasteiger partial charge in [0.25, 0.3) is 5.56 Å². The molecule has 1 heterocycles. The number of nitrogens with zero attached hydrogens (tertiary/aromatic N) is 1. The van der Waals surface area contributed by atoms with Crippen molar-refractivity contribution in [1.82, 2.24) is 3.59 Å². The first kappa shape index (κ1) is 9.33. The summed E-state index contributed by atoms with van der Waals surface area (Å²) in [6.07, 6.45) is 1.43. The third-order valence-corrected chi connectivity index (χ3v) is 2.48. The van der Waals surface area contributed by atoms with E-state index in [9.17, 15) is 13.6 Å². The molecule has 0 saturated heterocycles. The molecule has 0 bridgehead atoms. The highest BCUT2D eigenvalue weighted by Gasteiger charge is 2.11. The fraction of sp³-hybridized carbons (Fsp3) is 0. The number of benzene rings is 1. The highest BCUT2D eigenvalue weighted by atomic mass is 79.9. The van der Waals surface area contributed by atoms with E-state index in [-0.39, 0.29) is 5.39 Å². The summed E-state index contributed by atoms with van der Waals surface area (Å²) in [6.45, 7) is 0. The molecule has 1 aromatic carbocycles. The number of rotatable bonds is 0. The molecule has 0 saturated carbocycles. The molecule has 1 aromatic heterocycles. The van der Waals surface area contributed by atoms with E-state index in [1.54, 1.807) is 0 Å². The van der Waals surface area contributed by atoms with Gasteiger partial charge in [0.2, 0.25) is 0 Å². The van der Waals surface area contributed by atoms with Crippen LogP contribution in [0.1, 0.15) is 0 Å². The Morgan fingerprint density at radius 1 is 1.21 bits per heavy atom. The lowest BCUT2D eigenvalue weighted by Gasteiger charge is -2.00. The molecule has 0 aliphatic rings. The third-order valence-electron chi connectivity index (χ3n) is 1.92. The van der Waals surface area contributed by atoms with Crippen LogP contribution in [0.5, 0.6) is 0 Å². The Morgan fingerprint density at radius 2 is 1.93 bits per heavy atom. The number of pyridine rings is 1. The quantitative estimate of drug-likeness (QED) is 0.713. The minimum atomic E-state index is -1.11. The van der Waals surface area contributed by atoms with Crippen LogP contribution in [0.3, 0.4) is 0 Å². The SMILES string of the molecule is O=c1c2c(F)c(F)ccc2ccn1Br. The zero-order valence-electron chi connectivity index (χ0n) is 6.80. The van der Waals surface area contributed by atoms with Gasteiger partial charge < -0.3 is 0 Å². The minimum Gasteiger partial charge on any atom is -0.268 e. The van der Waals surface area contributed by atoms with Crippen LogP contribution in [-0.2, 0) is 0 Å². The van der Waals surface area contributed by atoms with Crippen molar-refractivity contribution < 1.29 is 8.78 Å². The molecule has 0 aliphatic carbocycles. The molecule has 0 amide bonds. The maximum atomic E-state index is 13.2. The molecule has 0 atom stereocenters. The molecule has 0 N–H and O–H groups in total. The van der Waals surface area contributed by atoms with Gasteiger partial charge in [-0.05, 0) is 17.5 Å². The molecule has 14 heavy (non-hydrogen) atoms. The number of aromatic nitrogens is 1. The van der Waals surface area contributed by atoms with Gasteiger partial charge in [0, 0.05) is 6.20 Å². The Kier molecular flexibility index (Phi) is 2.11. The summed E-state index contributed by atoms with van der Waals surface area (Å²) in [6, 6.07) is 3.88. The van der Waals surface area contributed by atoms with Crippen molar-refractivity contribution in [2.45, 2.75) is 0 Å². The lowest BCUT2D eigenvalue weighted by atomic mass is 10.1. The maximum Gasteiger partial charge on any atom is 0.271 e. The van der Waals surface area contributed by atoms with E-state index in [1.165, 1.54) is 18.3 Å². The third kappa shape index (κ3) is 1.24. The fourth-order valence-corrected chi connectivity index (χ4v) is 1.54. The first-order chi connectivity index (χ1) is 6.61. The molecule has 2 aromatic rings. The monoisotopic (exact) mass is 259 g/mol. The van der Waals surface area contributed by atoms with E-state index in [0.29, 0.717) is 5.39 Å². The number of halogens is 3. The standard InChI is InChI=1S/C9H4BrF2NO/c10-13-4-3-5-1-2-6(11)8(12)7(5)9(13)14/h1-4H. The van der Waals surface area contributed by atoms with Gasteiger partial charge in [-0.25, -0.2) is 12.4 Å². The van der Waals surface area contributed by atoms with Crippen LogP contribution in [0.2, 0.25) is 0 Å². The molecule has 0 aliphatic heterocycles. The Bertz CT molecular complexity index is 559. The predicted molar refractivity (Wildman–Crippen MR) is 52.4 cm³/mol. The van der Waals surface area contributed by atoms with Gasteiger partial charge in [-0.2, -0.15) is 0 Å². The lowest BCUT2D eigenvalue weighted by Crippen LogP contribution is -2.13. The first-order valence-corrected chi connectivity index (χ1v) is 4.47. The van der Waals surface area contributed by atoms with Crippen molar-refractivity contribution in [3.8, 4) is 0 Å². The Balaban J connectivity index is 3.06. The molecular weight excluding hydrogens is 256 g/mol. The van der Waals surface area contributed by atoms with Gasteiger partial charge in [-0.3, -0.25) is 4.79 Å². The molecule has 0 unspecified atom stereocenters. The number of hydrogen-bond acceptors (Lipinski definition) is 1. The number of fused-ring (bicyclic) bond motifs is 1. The summed E-state index contributed by atoms with van der Waals surface area (Å²) in [5.74, 6) is -2.13. The van der Waals surface area contributed by atoms with Gasteiger partial charge >= 0.3 is 0 Å². The summed E-state index contributed by atoms with van der Waals surface area (Å²) in [5, 5.41) is 0.133. The average Bonchev–Trinajstić information content (AvgIpc) is 2.17. The van der Waals surface area contributed by atoms with E-state index in [2.05, 4.69) is 16.1 Å². The normalized spacial score (nSPS) is 10.8. The van der Waals surface area contributed by atoms with Crippen LogP contribution in [0.25, 0.3) is 10.8 Å². The van der Waals surface area contributed by atoms with Crippen molar-refractivity contribution in [2.24, 2.45) is 0 Å². The summed E-state index contributed by atoms with van der Waals surface area (Å²) < 4.78 is 27.1. The predicted octanol–water partition coefficient (Wildman–Crippen LogP) is 2.44. The second-order valence-electron chi connectivity index (χ2n) is 2.76. The second kappa shape index (κ2) is 3.16. The van der Waals surface area contributed by atoms with Crippen LogP contribution in [0.15, 0.2) is 29.2 Å². The zero-order valence-corrected chi connectivity index (χ0v) is 8.38. The van der Waals surface area contributed by atoms with Crippen molar-refractivity contribution in [3.05, 3.63) is 46.4 Å². The maximum absolute atomic E-state index is 13.2. The smallest absolute Gasteiger partial charge is 0.268 e. The van der Waals surface area contributed by atoms with Gasteiger partial charge in [-0.15, -0.1) is 0 Å². The van der Waals surface area contributed by atoms with Gasteiger partial charge in [0.1, 0.15) is 0 Å². The molecule has 2 nitrogen and oxygen atoms in total. The Labute approximate surface area is 86.1 Å². The molecular formula is C9H4BrF2NO. The zero-order chi connectivity index (χ0) is 10.3. The summed E-state index contributed by atoms with van der Waals surface area (Å²) in [7, 11) is 0. The Hall–Kier alpha value is -1.23. The molecule has 72 valence electrons. The highest BCUT2D eigenvalue weighted by molar-refractivity contribution is 9.08. The van der Waals surface area contributed by atoms with Crippen molar-refractivity contribution >= 4 is 26.9 Å². The van der Waals surface area contributed by atoms with E-state index in [0.717, 1.165) is 9.66 Å². The molecule has 0 fully saturated rings. The van der Waals surface area contributed by atoms with E-state index < -0.39 is 17.2 Å². The van der Waals surface area contributed by atoms with E-state index >= 15 is 0 Å². The molecule has 0 radical (unpaired) electrons. The van der Waals surface area contributed by atoms with Crippen LogP contribution >= 0.6 is 16.1 Å². The molecule has 5 heteroatoms. The first-order valence-electron chi connectivity index (χ1n) is 3.77. The van der Waals surface area contributed by atoms with Crippen molar-refractivity contribution in [1.29, 1.82) is 0 Å². The Morgan fingerprint density at radius 3 is 2.64 bits per heavy atom. The van der Waals surface area contributed by atoms with Crippen LogP contribution in [0.4, 0.5) is 8.78 Å². The summed E-state index contributed by atoms with van der Waals surface area (Å²) in [4.78, 5) is 11.4. The molecule has 2 rings (SSSR count). The number of hydrogen-bond donors (Lipinski definition) is 0. The van der Waals surface area contributed by atoms with Gasteiger partial charge in [0.05, 0.1) is 21.5 Å².